The Balaban J connectivity index is 1.49. The van der Waals surface area contributed by atoms with Gasteiger partial charge in [-0.2, -0.15) is 0 Å². The van der Waals surface area contributed by atoms with Crippen molar-refractivity contribution in [2.75, 3.05) is 16.8 Å². The molecule has 1 fully saturated rings. The van der Waals surface area contributed by atoms with Gasteiger partial charge in [0.25, 0.3) is 5.91 Å². The van der Waals surface area contributed by atoms with Crippen molar-refractivity contribution in [1.82, 2.24) is 9.88 Å². The van der Waals surface area contributed by atoms with E-state index in [0.717, 1.165) is 0 Å². The van der Waals surface area contributed by atoms with Gasteiger partial charge in [0.1, 0.15) is 5.66 Å². The van der Waals surface area contributed by atoms with Crippen LogP contribution in [0.2, 0.25) is 0 Å². The Hall–Kier alpha value is -2.74. The minimum absolute atomic E-state index is 0.0314. The molecule has 7 nitrogen and oxygen atoms in total. The van der Waals surface area contributed by atoms with Crippen molar-refractivity contribution >= 4 is 39.9 Å². The van der Waals surface area contributed by atoms with E-state index < -0.39 is 5.66 Å². The van der Waals surface area contributed by atoms with E-state index in [1.165, 1.54) is 11.3 Å². The maximum absolute atomic E-state index is 13.1. The predicted molar refractivity (Wildman–Crippen MR) is 103 cm³/mol. The largest absolute Gasteiger partial charge is 0.315 e. The van der Waals surface area contributed by atoms with Crippen LogP contribution in [0.3, 0.4) is 0 Å². The van der Waals surface area contributed by atoms with E-state index in [2.05, 4.69) is 10.3 Å². The first-order chi connectivity index (χ1) is 13.0. The lowest BCUT2D eigenvalue weighted by Gasteiger charge is -2.48. The molecule has 0 spiro atoms. The van der Waals surface area contributed by atoms with Gasteiger partial charge in [0.05, 0.1) is 11.3 Å². The fourth-order valence-electron chi connectivity index (χ4n) is 3.91. The molecule has 0 saturated carbocycles. The quantitative estimate of drug-likeness (QED) is 0.859. The molecule has 2 aliphatic heterocycles. The van der Waals surface area contributed by atoms with Gasteiger partial charge in [-0.15, -0.1) is 11.3 Å². The van der Waals surface area contributed by atoms with E-state index in [1.807, 2.05) is 19.1 Å². The van der Waals surface area contributed by atoms with E-state index >= 15 is 0 Å². The van der Waals surface area contributed by atoms with Crippen molar-refractivity contribution in [2.24, 2.45) is 0 Å². The number of nitrogens with one attached hydrogen (secondary N) is 1. The van der Waals surface area contributed by atoms with Crippen LogP contribution in [-0.2, 0) is 9.59 Å². The first kappa shape index (κ1) is 17.7. The van der Waals surface area contributed by atoms with Crippen molar-refractivity contribution in [1.29, 1.82) is 0 Å². The number of hydrogen-bond donors (Lipinski definition) is 1. The van der Waals surface area contributed by atoms with Gasteiger partial charge >= 0.3 is 0 Å². The highest BCUT2D eigenvalue weighted by atomic mass is 32.1. The average Bonchev–Trinajstić information content (AvgIpc) is 3.26. The highest BCUT2D eigenvalue weighted by Gasteiger charge is 2.52. The number of carbonyl (C=O) groups excluding carboxylic acids is 3. The van der Waals surface area contributed by atoms with E-state index in [0.29, 0.717) is 42.2 Å². The van der Waals surface area contributed by atoms with Crippen molar-refractivity contribution in [3.05, 3.63) is 41.4 Å². The minimum atomic E-state index is -0.672. The molecule has 1 atom stereocenters. The first-order valence-electron chi connectivity index (χ1n) is 8.94. The SMILES string of the molecule is CC12CCC(=O)N1c1ccccc1C(=O)N2CCCC(=O)Nc1nccs1. The van der Waals surface area contributed by atoms with Gasteiger partial charge in [0, 0.05) is 31.0 Å². The maximum atomic E-state index is 13.1. The number of benzene rings is 1. The molecule has 1 N–H and O–H groups in total. The molecule has 1 unspecified atom stereocenters. The van der Waals surface area contributed by atoms with Crippen LogP contribution in [0.4, 0.5) is 10.8 Å². The molecule has 0 radical (unpaired) electrons. The molecular formula is C19H20N4O3S. The normalized spacial score (nSPS) is 21.2. The minimum Gasteiger partial charge on any atom is -0.315 e. The van der Waals surface area contributed by atoms with Gasteiger partial charge in [-0.3, -0.25) is 19.3 Å². The second-order valence-corrected chi connectivity index (χ2v) is 7.80. The third-order valence-corrected chi connectivity index (χ3v) is 5.90. The van der Waals surface area contributed by atoms with Gasteiger partial charge in [-0.25, -0.2) is 4.98 Å². The monoisotopic (exact) mass is 384 g/mol. The van der Waals surface area contributed by atoms with Crippen molar-refractivity contribution < 1.29 is 14.4 Å². The van der Waals surface area contributed by atoms with Gasteiger partial charge < -0.3 is 10.2 Å². The molecule has 8 heteroatoms. The van der Waals surface area contributed by atoms with Gasteiger partial charge in [0.15, 0.2) is 5.13 Å². The number of amides is 3. The van der Waals surface area contributed by atoms with Crippen LogP contribution in [-0.4, -0.2) is 39.8 Å². The third kappa shape index (κ3) is 2.99. The molecular weight excluding hydrogens is 364 g/mol. The number of rotatable bonds is 5. The number of thiazole rings is 1. The molecule has 0 bridgehead atoms. The summed E-state index contributed by atoms with van der Waals surface area (Å²) in [6.07, 6.45) is 3.45. The van der Waals surface area contributed by atoms with Crippen LogP contribution >= 0.6 is 11.3 Å². The summed E-state index contributed by atoms with van der Waals surface area (Å²) in [5.74, 6) is -0.178. The van der Waals surface area contributed by atoms with Crippen molar-refractivity contribution in [2.45, 2.75) is 38.3 Å². The van der Waals surface area contributed by atoms with Crippen molar-refractivity contribution in [3.63, 3.8) is 0 Å². The fourth-order valence-corrected chi connectivity index (χ4v) is 4.45. The topological polar surface area (TPSA) is 82.6 Å². The Kier molecular flexibility index (Phi) is 4.43. The molecule has 27 heavy (non-hydrogen) atoms. The van der Waals surface area contributed by atoms with Crippen LogP contribution < -0.4 is 10.2 Å². The van der Waals surface area contributed by atoms with E-state index in [1.54, 1.807) is 33.5 Å². The third-order valence-electron chi connectivity index (χ3n) is 5.21. The Morgan fingerprint density at radius 2 is 2.15 bits per heavy atom. The van der Waals surface area contributed by atoms with E-state index in [9.17, 15) is 14.4 Å². The zero-order chi connectivity index (χ0) is 19.0. The highest BCUT2D eigenvalue weighted by Crippen LogP contribution is 2.43. The maximum Gasteiger partial charge on any atom is 0.257 e. The lowest BCUT2D eigenvalue weighted by molar-refractivity contribution is -0.118. The average molecular weight is 384 g/mol. The van der Waals surface area contributed by atoms with Crippen LogP contribution in [0, 0.1) is 0 Å². The number of aromatic nitrogens is 1. The summed E-state index contributed by atoms with van der Waals surface area (Å²) in [6.45, 7) is 2.35. The summed E-state index contributed by atoms with van der Waals surface area (Å²) in [5, 5.41) is 5.12. The summed E-state index contributed by atoms with van der Waals surface area (Å²) >= 11 is 1.37. The van der Waals surface area contributed by atoms with E-state index in [-0.39, 0.29) is 24.1 Å². The van der Waals surface area contributed by atoms with E-state index in [4.69, 9.17) is 0 Å². The predicted octanol–water partition coefficient (Wildman–Crippen LogP) is 2.86. The van der Waals surface area contributed by atoms with Gasteiger partial charge in [-0.05, 0) is 31.9 Å². The molecule has 3 amide bonds. The lowest BCUT2D eigenvalue weighted by Crippen LogP contribution is -2.62. The molecule has 1 saturated heterocycles. The van der Waals surface area contributed by atoms with Gasteiger partial charge in [0.2, 0.25) is 11.8 Å². The number of anilines is 2. The summed E-state index contributed by atoms with van der Waals surface area (Å²) in [5.41, 5.74) is 0.552. The van der Waals surface area contributed by atoms with Crippen LogP contribution in [0.1, 0.15) is 43.0 Å². The molecule has 2 aromatic rings. The summed E-state index contributed by atoms with van der Waals surface area (Å²) < 4.78 is 0. The Morgan fingerprint density at radius 1 is 1.33 bits per heavy atom. The molecule has 3 heterocycles. The Labute approximate surface area is 161 Å². The number of nitrogens with zero attached hydrogens (tertiary/aromatic N) is 3. The first-order valence-corrected chi connectivity index (χ1v) is 9.82. The molecule has 2 aliphatic rings. The van der Waals surface area contributed by atoms with Gasteiger partial charge in [-0.1, -0.05) is 12.1 Å². The second kappa shape index (κ2) is 6.77. The molecule has 1 aromatic heterocycles. The molecule has 4 rings (SSSR count). The standard InChI is InChI=1S/C19H20N4O3S/c1-19-9-8-16(25)23(19)14-6-3-2-5-13(14)17(26)22(19)11-4-7-15(24)21-18-20-10-12-27-18/h2-3,5-6,10,12H,4,7-9,11H2,1H3,(H,20,21,24). The smallest absolute Gasteiger partial charge is 0.257 e. The number of fused-ring (bicyclic) bond motifs is 3. The number of carbonyl (C=O) groups is 3. The summed E-state index contributed by atoms with van der Waals surface area (Å²) in [6, 6.07) is 7.23. The summed E-state index contributed by atoms with van der Waals surface area (Å²) in [7, 11) is 0. The molecule has 1 aromatic carbocycles. The van der Waals surface area contributed by atoms with Crippen LogP contribution in [0.5, 0.6) is 0 Å². The highest BCUT2D eigenvalue weighted by molar-refractivity contribution is 7.13. The second-order valence-electron chi connectivity index (χ2n) is 6.91. The van der Waals surface area contributed by atoms with Crippen LogP contribution in [0.25, 0.3) is 0 Å². The zero-order valence-electron chi connectivity index (χ0n) is 15.0. The fraction of sp³-hybridized carbons (Fsp3) is 0.368. The number of para-hydroxylation sites is 1. The van der Waals surface area contributed by atoms with Crippen molar-refractivity contribution in [3.8, 4) is 0 Å². The summed E-state index contributed by atoms with van der Waals surface area (Å²) in [4.78, 5) is 45.2. The zero-order valence-corrected chi connectivity index (χ0v) is 15.8. The molecule has 140 valence electrons. The Bertz CT molecular complexity index is 898. The van der Waals surface area contributed by atoms with Crippen LogP contribution in [0.15, 0.2) is 35.8 Å². The Morgan fingerprint density at radius 3 is 2.93 bits per heavy atom. The molecule has 0 aliphatic carbocycles. The lowest BCUT2D eigenvalue weighted by atomic mass is 9.98. The number of hydrogen-bond acceptors (Lipinski definition) is 5.